The smallest absolute Gasteiger partial charge is 0.0548 e. The van der Waals surface area contributed by atoms with Crippen molar-refractivity contribution in [1.82, 2.24) is 9.13 Å². The van der Waals surface area contributed by atoms with Gasteiger partial charge in [-0.05, 0) is 88.0 Å². The van der Waals surface area contributed by atoms with Gasteiger partial charge < -0.3 is 9.13 Å². The summed E-state index contributed by atoms with van der Waals surface area (Å²) < 4.78 is 4.86. The second-order valence-corrected chi connectivity index (χ2v) is 13.0. The van der Waals surface area contributed by atoms with E-state index in [1.807, 2.05) is 0 Å². The van der Waals surface area contributed by atoms with E-state index in [0.717, 1.165) is 11.4 Å². The number of hydrogen-bond donors (Lipinski definition) is 0. The predicted molar refractivity (Wildman–Crippen MR) is 211 cm³/mol. The molecule has 0 saturated carbocycles. The lowest BCUT2D eigenvalue weighted by atomic mass is 9.98. The lowest BCUT2D eigenvalue weighted by Gasteiger charge is -2.10. The van der Waals surface area contributed by atoms with Crippen LogP contribution < -0.4 is 0 Å². The monoisotopic (exact) mass is 636 g/mol. The fourth-order valence-electron chi connectivity index (χ4n) is 7.82. The zero-order chi connectivity index (χ0) is 33.0. The number of benzene rings is 8. The first kappa shape index (κ1) is 28.4. The molecule has 0 radical (unpaired) electrons. The molecule has 2 heteroatoms. The van der Waals surface area contributed by atoms with Crippen molar-refractivity contribution in [3.63, 3.8) is 0 Å². The van der Waals surface area contributed by atoms with Crippen molar-refractivity contribution in [3.05, 3.63) is 194 Å². The quantitative estimate of drug-likeness (QED) is 0.178. The molecular formula is C48H32N2. The highest BCUT2D eigenvalue weighted by atomic mass is 15.0. The second kappa shape index (κ2) is 11.5. The summed E-state index contributed by atoms with van der Waals surface area (Å²) in [6.45, 7) is 0. The first-order valence-corrected chi connectivity index (χ1v) is 17.2. The van der Waals surface area contributed by atoms with Crippen LogP contribution in [0.1, 0.15) is 0 Å². The Labute approximate surface area is 290 Å². The van der Waals surface area contributed by atoms with E-state index in [9.17, 15) is 0 Å². The van der Waals surface area contributed by atoms with Gasteiger partial charge in [0.05, 0.1) is 22.1 Å². The summed E-state index contributed by atoms with van der Waals surface area (Å²) in [7, 11) is 0. The SMILES string of the molecule is c1ccc(-c2ccc(-n3c4ccccc4c4c5c6ccc(-c7cccc(-c8ccccc8)c7)cc6n(-c6ccccc6)c5ccc43)cc2)cc1. The van der Waals surface area contributed by atoms with Gasteiger partial charge in [-0.2, -0.15) is 0 Å². The highest BCUT2D eigenvalue weighted by Gasteiger charge is 2.21. The zero-order valence-electron chi connectivity index (χ0n) is 27.4. The van der Waals surface area contributed by atoms with Crippen LogP contribution in [0, 0.1) is 0 Å². The van der Waals surface area contributed by atoms with E-state index >= 15 is 0 Å². The van der Waals surface area contributed by atoms with Gasteiger partial charge in [-0.15, -0.1) is 0 Å². The van der Waals surface area contributed by atoms with Gasteiger partial charge in [0.15, 0.2) is 0 Å². The van der Waals surface area contributed by atoms with Crippen LogP contribution in [0.2, 0.25) is 0 Å². The third-order valence-corrected chi connectivity index (χ3v) is 10.1. The van der Waals surface area contributed by atoms with Crippen LogP contribution in [0.5, 0.6) is 0 Å². The minimum absolute atomic E-state index is 1.15. The van der Waals surface area contributed by atoms with Crippen molar-refractivity contribution in [3.8, 4) is 44.8 Å². The van der Waals surface area contributed by atoms with Gasteiger partial charge in [0.1, 0.15) is 0 Å². The maximum absolute atomic E-state index is 2.44. The first-order valence-electron chi connectivity index (χ1n) is 17.2. The van der Waals surface area contributed by atoms with Gasteiger partial charge in [-0.3, -0.25) is 0 Å². The fourth-order valence-corrected chi connectivity index (χ4v) is 7.82. The first-order chi connectivity index (χ1) is 24.8. The summed E-state index contributed by atoms with van der Waals surface area (Å²) in [4.78, 5) is 0. The third-order valence-electron chi connectivity index (χ3n) is 10.1. The molecule has 2 nitrogen and oxygen atoms in total. The van der Waals surface area contributed by atoms with Crippen molar-refractivity contribution in [2.24, 2.45) is 0 Å². The average Bonchev–Trinajstić information content (AvgIpc) is 3.71. The molecule has 2 heterocycles. The van der Waals surface area contributed by atoms with E-state index in [1.54, 1.807) is 0 Å². The Hall–Kier alpha value is -6.64. The Morgan fingerprint density at radius 2 is 0.680 bits per heavy atom. The molecule has 0 aliphatic carbocycles. The van der Waals surface area contributed by atoms with Gasteiger partial charge in [-0.1, -0.05) is 140 Å². The van der Waals surface area contributed by atoms with Crippen molar-refractivity contribution < 1.29 is 0 Å². The van der Waals surface area contributed by atoms with Crippen LogP contribution in [0.25, 0.3) is 88.4 Å². The number of hydrogen-bond acceptors (Lipinski definition) is 0. The molecule has 10 aromatic rings. The summed E-state index contributed by atoms with van der Waals surface area (Å²) in [5.74, 6) is 0. The number of nitrogens with zero attached hydrogens (tertiary/aromatic N) is 2. The van der Waals surface area contributed by atoms with E-state index in [0.29, 0.717) is 0 Å². The van der Waals surface area contributed by atoms with E-state index in [-0.39, 0.29) is 0 Å². The van der Waals surface area contributed by atoms with Crippen molar-refractivity contribution in [1.29, 1.82) is 0 Å². The van der Waals surface area contributed by atoms with Gasteiger partial charge in [-0.25, -0.2) is 0 Å². The standard InChI is InChI=1S/C48H32N2/c1-4-13-33(14-5-1)35-23-26-40(27-24-35)49-43-22-11-10-21-41(43)47-44(49)29-30-45-48(47)42-28-25-38(32-46(42)50(45)39-19-8-3-9-20-39)37-18-12-17-36(31-37)34-15-6-2-7-16-34/h1-32H. The lowest BCUT2D eigenvalue weighted by molar-refractivity contribution is 1.17. The number of fused-ring (bicyclic) bond motifs is 7. The minimum Gasteiger partial charge on any atom is -0.309 e. The van der Waals surface area contributed by atoms with Crippen LogP contribution in [0.3, 0.4) is 0 Å². The molecule has 0 unspecified atom stereocenters. The summed E-state index contributed by atoms with van der Waals surface area (Å²) >= 11 is 0. The Morgan fingerprint density at radius 3 is 1.36 bits per heavy atom. The van der Waals surface area contributed by atoms with Crippen molar-refractivity contribution >= 4 is 43.6 Å². The molecule has 0 N–H and O–H groups in total. The Morgan fingerprint density at radius 1 is 0.240 bits per heavy atom. The number of para-hydroxylation sites is 2. The molecule has 0 aliphatic rings. The predicted octanol–water partition coefficient (Wildman–Crippen LogP) is 12.9. The molecule has 0 bridgehead atoms. The second-order valence-electron chi connectivity index (χ2n) is 13.0. The average molecular weight is 637 g/mol. The summed E-state index contributed by atoms with van der Waals surface area (Å²) in [6.07, 6.45) is 0. The maximum Gasteiger partial charge on any atom is 0.0548 e. The Balaban J connectivity index is 1.23. The highest BCUT2D eigenvalue weighted by Crippen LogP contribution is 2.43. The van der Waals surface area contributed by atoms with E-state index < -0.39 is 0 Å². The largest absolute Gasteiger partial charge is 0.309 e. The van der Waals surface area contributed by atoms with Crippen LogP contribution in [-0.4, -0.2) is 9.13 Å². The Bertz CT molecular complexity index is 2820. The molecule has 2 aromatic heterocycles. The summed E-state index contributed by atoms with van der Waals surface area (Å²) in [5, 5.41) is 5.07. The number of rotatable bonds is 5. The van der Waals surface area contributed by atoms with E-state index in [2.05, 4.69) is 203 Å². The van der Waals surface area contributed by atoms with Gasteiger partial charge in [0.2, 0.25) is 0 Å². The number of aromatic nitrogens is 2. The van der Waals surface area contributed by atoms with E-state index in [1.165, 1.54) is 77.0 Å². The molecule has 8 aromatic carbocycles. The highest BCUT2D eigenvalue weighted by molar-refractivity contribution is 6.29. The molecule has 234 valence electrons. The maximum atomic E-state index is 2.44. The Kier molecular flexibility index (Phi) is 6.53. The zero-order valence-corrected chi connectivity index (χ0v) is 27.4. The van der Waals surface area contributed by atoms with Crippen LogP contribution in [0.4, 0.5) is 0 Å². The van der Waals surface area contributed by atoms with Crippen molar-refractivity contribution in [2.45, 2.75) is 0 Å². The molecule has 0 atom stereocenters. The van der Waals surface area contributed by atoms with Crippen molar-refractivity contribution in [2.75, 3.05) is 0 Å². The lowest BCUT2D eigenvalue weighted by Crippen LogP contribution is -1.95. The van der Waals surface area contributed by atoms with Crippen LogP contribution in [-0.2, 0) is 0 Å². The summed E-state index contributed by atoms with van der Waals surface area (Å²) in [5.41, 5.74) is 14.4. The molecule has 0 amide bonds. The van der Waals surface area contributed by atoms with Crippen LogP contribution in [0.15, 0.2) is 194 Å². The molecule has 10 rings (SSSR count). The van der Waals surface area contributed by atoms with Gasteiger partial charge >= 0.3 is 0 Å². The third kappa shape index (κ3) is 4.50. The molecule has 0 aliphatic heterocycles. The van der Waals surface area contributed by atoms with Gasteiger partial charge in [0, 0.05) is 32.9 Å². The molecule has 0 spiro atoms. The van der Waals surface area contributed by atoms with Crippen LogP contribution >= 0.6 is 0 Å². The minimum atomic E-state index is 1.15. The topological polar surface area (TPSA) is 9.86 Å². The fraction of sp³-hybridized carbons (Fsp3) is 0. The normalized spacial score (nSPS) is 11.6. The van der Waals surface area contributed by atoms with Gasteiger partial charge in [0.25, 0.3) is 0 Å². The summed E-state index contributed by atoms with van der Waals surface area (Å²) in [6, 6.07) is 70.3. The van der Waals surface area contributed by atoms with E-state index in [4.69, 9.17) is 0 Å². The molecular weight excluding hydrogens is 605 g/mol. The molecule has 0 fully saturated rings. The molecule has 50 heavy (non-hydrogen) atoms. The molecule has 0 saturated heterocycles.